The highest BCUT2D eigenvalue weighted by Crippen LogP contribution is 2.25. The zero-order chi connectivity index (χ0) is 10.7. The van der Waals surface area contributed by atoms with E-state index in [-0.39, 0.29) is 0 Å². The van der Waals surface area contributed by atoms with Gasteiger partial charge in [0.2, 0.25) is 0 Å². The first-order chi connectivity index (χ1) is 7.31. The van der Waals surface area contributed by atoms with Crippen LogP contribution in [0.15, 0.2) is 0 Å². The van der Waals surface area contributed by atoms with Gasteiger partial charge in [0.05, 0.1) is 0 Å². The second-order valence-electron chi connectivity index (χ2n) is 4.04. The van der Waals surface area contributed by atoms with E-state index in [1.54, 1.807) is 0 Å². The molecule has 1 atom stereocenters. The minimum Gasteiger partial charge on any atom is -0.304 e. The fraction of sp³-hybridized carbons (Fsp3) is 0.800. The van der Waals surface area contributed by atoms with Crippen LogP contribution in [0.5, 0.6) is 0 Å². The molecule has 5 heteroatoms. The van der Waals surface area contributed by atoms with Crippen LogP contribution in [0.3, 0.4) is 0 Å². The third-order valence-electron chi connectivity index (χ3n) is 2.78. The monoisotopic (exact) mass is 243 g/mol. The smallest absolute Gasteiger partial charge is 0.195 e. The Hall–Kier alpha value is -0.290. The predicted molar refractivity (Wildman–Crippen MR) is 66.8 cm³/mol. The molecule has 0 amide bonds. The molecule has 1 unspecified atom stereocenters. The molecular formula is C10H17N3S2. The average molecular weight is 243 g/mol. The molecule has 0 radical (unpaired) electrons. The fourth-order valence-electron chi connectivity index (χ4n) is 1.94. The van der Waals surface area contributed by atoms with Crippen LogP contribution in [0, 0.1) is 10.7 Å². The summed E-state index contributed by atoms with van der Waals surface area (Å²) >= 11 is 7.31. The number of aromatic amines is 1. The average Bonchev–Trinajstić information content (AvgIpc) is 2.83. The lowest BCUT2D eigenvalue weighted by Gasteiger charge is -2.10. The van der Waals surface area contributed by atoms with Crippen LogP contribution < -0.4 is 0 Å². The third-order valence-corrected chi connectivity index (χ3v) is 4.32. The summed E-state index contributed by atoms with van der Waals surface area (Å²) in [5, 5.41) is 7.19. The van der Waals surface area contributed by atoms with E-state index in [1.165, 1.54) is 17.9 Å². The highest BCUT2D eigenvalue weighted by atomic mass is 32.2. The van der Waals surface area contributed by atoms with E-state index in [2.05, 4.69) is 33.5 Å². The van der Waals surface area contributed by atoms with Crippen LogP contribution in [0.25, 0.3) is 0 Å². The van der Waals surface area contributed by atoms with E-state index in [0.29, 0.717) is 0 Å². The van der Waals surface area contributed by atoms with Crippen molar-refractivity contribution >= 4 is 24.0 Å². The lowest BCUT2D eigenvalue weighted by molar-refractivity contribution is 0.475. The summed E-state index contributed by atoms with van der Waals surface area (Å²) in [4.78, 5) is 0. The van der Waals surface area contributed by atoms with Gasteiger partial charge in [-0.1, -0.05) is 6.92 Å². The first-order valence-corrected chi connectivity index (χ1v) is 7.09. The minimum absolute atomic E-state index is 0.787. The molecule has 0 aromatic carbocycles. The second-order valence-corrected chi connectivity index (χ2v) is 5.57. The molecule has 2 rings (SSSR count). The fourth-order valence-corrected chi connectivity index (χ4v) is 3.44. The van der Waals surface area contributed by atoms with Gasteiger partial charge < -0.3 is 4.57 Å². The Morgan fingerprint density at radius 1 is 1.67 bits per heavy atom. The number of aryl methyl sites for hydroxylation is 1. The van der Waals surface area contributed by atoms with E-state index in [1.807, 2.05) is 0 Å². The maximum Gasteiger partial charge on any atom is 0.195 e. The summed E-state index contributed by atoms with van der Waals surface area (Å²) in [5.74, 6) is 4.49. The van der Waals surface area contributed by atoms with Crippen molar-refractivity contribution in [1.29, 1.82) is 0 Å². The largest absolute Gasteiger partial charge is 0.304 e. The van der Waals surface area contributed by atoms with Crippen molar-refractivity contribution in [2.24, 2.45) is 5.92 Å². The zero-order valence-electron chi connectivity index (χ0n) is 9.03. The highest BCUT2D eigenvalue weighted by molar-refractivity contribution is 7.99. The van der Waals surface area contributed by atoms with Crippen molar-refractivity contribution < 1.29 is 0 Å². The molecule has 1 saturated heterocycles. The lowest BCUT2D eigenvalue weighted by atomic mass is 10.1. The van der Waals surface area contributed by atoms with Crippen LogP contribution in [0.1, 0.15) is 25.6 Å². The number of hydrogen-bond acceptors (Lipinski definition) is 3. The summed E-state index contributed by atoms with van der Waals surface area (Å²) in [5.41, 5.74) is 0. The van der Waals surface area contributed by atoms with Crippen molar-refractivity contribution in [3.63, 3.8) is 0 Å². The Kier molecular flexibility index (Phi) is 3.86. The molecule has 1 aromatic rings. The van der Waals surface area contributed by atoms with Crippen molar-refractivity contribution in [3.05, 3.63) is 10.6 Å². The van der Waals surface area contributed by atoms with Gasteiger partial charge in [-0.15, -0.1) is 0 Å². The molecule has 0 saturated carbocycles. The van der Waals surface area contributed by atoms with Gasteiger partial charge in [0.15, 0.2) is 4.77 Å². The maximum atomic E-state index is 5.26. The summed E-state index contributed by atoms with van der Waals surface area (Å²) in [6.07, 6.45) is 3.47. The van der Waals surface area contributed by atoms with Gasteiger partial charge >= 0.3 is 0 Å². The molecule has 0 spiro atoms. The normalized spacial score (nSPS) is 21.0. The Morgan fingerprint density at radius 2 is 2.53 bits per heavy atom. The molecule has 15 heavy (non-hydrogen) atoms. The molecule has 1 aliphatic heterocycles. The van der Waals surface area contributed by atoms with E-state index < -0.39 is 0 Å². The standard InChI is InChI=1S/C10H17N3S2/c1-2-3-9-11-12-10(14)13(9)6-8-4-5-15-7-8/h8H,2-7H2,1H3,(H,12,14). The van der Waals surface area contributed by atoms with E-state index in [4.69, 9.17) is 12.2 Å². The van der Waals surface area contributed by atoms with Gasteiger partial charge in [-0.05, 0) is 42.5 Å². The number of nitrogens with one attached hydrogen (secondary N) is 1. The van der Waals surface area contributed by atoms with E-state index in [9.17, 15) is 0 Å². The number of nitrogens with zero attached hydrogens (tertiary/aromatic N) is 2. The number of aromatic nitrogens is 3. The molecule has 3 nitrogen and oxygen atoms in total. The van der Waals surface area contributed by atoms with Crippen molar-refractivity contribution in [3.8, 4) is 0 Å². The first kappa shape index (κ1) is 11.2. The quantitative estimate of drug-likeness (QED) is 0.825. The van der Waals surface area contributed by atoms with Crippen LogP contribution in [-0.2, 0) is 13.0 Å². The molecule has 0 bridgehead atoms. The van der Waals surface area contributed by atoms with Gasteiger partial charge in [0, 0.05) is 13.0 Å². The van der Waals surface area contributed by atoms with Gasteiger partial charge in [-0.25, -0.2) is 0 Å². The molecule has 2 heterocycles. The number of hydrogen-bond donors (Lipinski definition) is 1. The third kappa shape index (κ3) is 2.64. The molecule has 84 valence electrons. The van der Waals surface area contributed by atoms with Crippen molar-refractivity contribution in [2.75, 3.05) is 11.5 Å². The molecule has 0 aliphatic carbocycles. The number of rotatable bonds is 4. The van der Waals surface area contributed by atoms with Crippen LogP contribution in [-0.4, -0.2) is 26.3 Å². The molecule has 1 aromatic heterocycles. The maximum absolute atomic E-state index is 5.26. The summed E-state index contributed by atoms with van der Waals surface area (Å²) in [6, 6.07) is 0. The molecular weight excluding hydrogens is 226 g/mol. The van der Waals surface area contributed by atoms with Crippen LogP contribution in [0.2, 0.25) is 0 Å². The number of H-pyrrole nitrogens is 1. The summed E-state index contributed by atoms with van der Waals surface area (Å²) in [6.45, 7) is 3.23. The summed E-state index contributed by atoms with van der Waals surface area (Å²) in [7, 11) is 0. The van der Waals surface area contributed by atoms with Crippen molar-refractivity contribution in [1.82, 2.24) is 14.8 Å². The van der Waals surface area contributed by atoms with Crippen molar-refractivity contribution in [2.45, 2.75) is 32.7 Å². The van der Waals surface area contributed by atoms with Gasteiger partial charge in [0.25, 0.3) is 0 Å². The van der Waals surface area contributed by atoms with Gasteiger partial charge in [0.1, 0.15) is 5.82 Å². The van der Waals surface area contributed by atoms with Crippen LogP contribution in [0.4, 0.5) is 0 Å². The molecule has 1 fully saturated rings. The Bertz CT molecular complexity index is 363. The Labute approximate surface area is 99.7 Å². The Morgan fingerprint density at radius 3 is 3.20 bits per heavy atom. The summed E-state index contributed by atoms with van der Waals surface area (Å²) < 4.78 is 2.98. The zero-order valence-corrected chi connectivity index (χ0v) is 10.7. The van der Waals surface area contributed by atoms with E-state index in [0.717, 1.165) is 35.9 Å². The minimum atomic E-state index is 0.787. The topological polar surface area (TPSA) is 33.6 Å². The highest BCUT2D eigenvalue weighted by Gasteiger charge is 2.17. The Balaban J connectivity index is 2.10. The van der Waals surface area contributed by atoms with Gasteiger partial charge in [-0.2, -0.15) is 16.9 Å². The second kappa shape index (κ2) is 5.16. The predicted octanol–water partition coefficient (Wildman–Crippen LogP) is 2.65. The molecule has 1 aliphatic rings. The number of thioether (sulfide) groups is 1. The first-order valence-electron chi connectivity index (χ1n) is 5.53. The van der Waals surface area contributed by atoms with Gasteiger partial charge in [-0.3, -0.25) is 5.10 Å². The SMILES string of the molecule is CCCc1n[nH]c(=S)n1CC1CCSC1. The lowest BCUT2D eigenvalue weighted by Crippen LogP contribution is -2.13. The van der Waals surface area contributed by atoms with E-state index >= 15 is 0 Å². The molecule has 1 N–H and O–H groups in total. The van der Waals surface area contributed by atoms with Crippen LogP contribution >= 0.6 is 24.0 Å².